The summed E-state index contributed by atoms with van der Waals surface area (Å²) in [5.41, 5.74) is 2.41. The summed E-state index contributed by atoms with van der Waals surface area (Å²) in [6, 6.07) is 15.9. The quantitative estimate of drug-likeness (QED) is 0.477. The van der Waals surface area contributed by atoms with Gasteiger partial charge in [-0.05, 0) is 61.2 Å². The van der Waals surface area contributed by atoms with Gasteiger partial charge in [-0.15, -0.1) is 0 Å². The van der Waals surface area contributed by atoms with E-state index in [9.17, 15) is 18.0 Å². The first-order valence-electron chi connectivity index (χ1n) is 10.9. The van der Waals surface area contributed by atoms with E-state index in [0.29, 0.717) is 12.3 Å². The number of amides is 1. The predicted molar refractivity (Wildman–Crippen MR) is 118 cm³/mol. The minimum Gasteiger partial charge on any atom is -0.487 e. The number of nitrogens with one attached hydrogen (secondary N) is 1. The molecule has 1 aliphatic carbocycles. The fourth-order valence-corrected chi connectivity index (χ4v) is 3.62. The Bertz CT molecular complexity index is 1110. The Balaban J connectivity index is 1.28. The smallest absolute Gasteiger partial charge is 0.422 e. The van der Waals surface area contributed by atoms with E-state index >= 15 is 0 Å². The van der Waals surface area contributed by atoms with Gasteiger partial charge in [0.2, 0.25) is 5.91 Å². The van der Waals surface area contributed by atoms with Gasteiger partial charge in [0.1, 0.15) is 18.1 Å². The second kappa shape index (κ2) is 10.1. The van der Waals surface area contributed by atoms with Crippen LogP contribution >= 0.6 is 0 Å². The van der Waals surface area contributed by atoms with Crippen molar-refractivity contribution >= 4 is 5.91 Å². The van der Waals surface area contributed by atoms with Crippen molar-refractivity contribution in [2.75, 3.05) is 6.61 Å². The minimum atomic E-state index is -4.41. The summed E-state index contributed by atoms with van der Waals surface area (Å²) < 4.78 is 47.3. The Morgan fingerprint density at radius 3 is 2.65 bits per heavy atom. The largest absolute Gasteiger partial charge is 0.487 e. The molecule has 1 aliphatic rings. The molecule has 3 atom stereocenters. The van der Waals surface area contributed by atoms with Gasteiger partial charge in [-0.2, -0.15) is 13.2 Å². The monoisotopic (exact) mass is 471 g/mol. The van der Waals surface area contributed by atoms with Crippen LogP contribution in [0.1, 0.15) is 42.3 Å². The van der Waals surface area contributed by atoms with Crippen LogP contribution in [0.3, 0.4) is 0 Å². The number of nitrogens with zero attached hydrogens (tertiary/aromatic N) is 2. The number of alkyl halides is 3. The molecule has 0 bridgehead atoms. The topological polar surface area (TPSA) is 73.3 Å². The van der Waals surface area contributed by atoms with E-state index in [2.05, 4.69) is 20.0 Å². The van der Waals surface area contributed by atoms with Gasteiger partial charge < -0.3 is 14.8 Å². The highest BCUT2D eigenvalue weighted by atomic mass is 19.4. The van der Waals surface area contributed by atoms with Crippen molar-refractivity contribution in [3.05, 3.63) is 83.9 Å². The second-order valence-electron chi connectivity index (χ2n) is 8.18. The molecule has 2 unspecified atom stereocenters. The van der Waals surface area contributed by atoms with E-state index in [1.807, 2.05) is 42.5 Å². The van der Waals surface area contributed by atoms with Gasteiger partial charge in [-0.1, -0.05) is 18.2 Å². The van der Waals surface area contributed by atoms with Crippen molar-refractivity contribution in [3.8, 4) is 11.5 Å². The lowest BCUT2D eigenvalue weighted by atomic mass is 10.1. The zero-order valence-corrected chi connectivity index (χ0v) is 18.5. The van der Waals surface area contributed by atoms with E-state index in [4.69, 9.17) is 4.74 Å². The van der Waals surface area contributed by atoms with Gasteiger partial charge >= 0.3 is 6.18 Å². The highest BCUT2D eigenvalue weighted by Crippen LogP contribution is 2.48. The summed E-state index contributed by atoms with van der Waals surface area (Å²) in [5, 5.41) is 2.93. The Morgan fingerprint density at radius 1 is 1.09 bits per heavy atom. The average molecular weight is 471 g/mol. The number of aromatic nitrogens is 2. The van der Waals surface area contributed by atoms with Gasteiger partial charge in [-0.25, -0.2) is 0 Å². The van der Waals surface area contributed by atoms with Crippen molar-refractivity contribution < 1.29 is 27.4 Å². The zero-order valence-electron chi connectivity index (χ0n) is 18.5. The Hall–Kier alpha value is -3.62. The Labute approximate surface area is 195 Å². The number of carbonyl (C=O) groups excluding carboxylic acids is 1. The Morgan fingerprint density at radius 2 is 1.94 bits per heavy atom. The molecule has 0 saturated heterocycles. The molecule has 34 heavy (non-hydrogen) atoms. The standard InChI is InChI=1S/C25H24F3N3O3/c1-16(23-9-8-20(13-30-23)34-15-25(26,27)28)31-24(32)22-12-21(22)17-5-4-7-19(11-17)33-14-18-6-2-3-10-29-18/h2-11,13,16,21-22H,12,14-15H2,1H3,(H,31,32)/t16-,21?,22?/m1/s1. The van der Waals surface area contributed by atoms with Crippen LogP contribution in [0.2, 0.25) is 0 Å². The number of benzene rings is 1. The van der Waals surface area contributed by atoms with Gasteiger partial charge in [0.25, 0.3) is 0 Å². The molecule has 2 aromatic heterocycles. The van der Waals surface area contributed by atoms with Crippen LogP contribution in [0.4, 0.5) is 13.2 Å². The van der Waals surface area contributed by atoms with Gasteiger partial charge in [0.05, 0.1) is 23.6 Å². The normalized spacial score (nSPS) is 18.1. The number of rotatable bonds is 9. The van der Waals surface area contributed by atoms with Crippen LogP contribution in [0.15, 0.2) is 67.0 Å². The molecule has 0 aliphatic heterocycles. The number of hydrogen-bond donors (Lipinski definition) is 1. The third kappa shape index (κ3) is 6.46. The third-order valence-electron chi connectivity index (χ3n) is 5.49. The van der Waals surface area contributed by atoms with Crippen LogP contribution in [0.25, 0.3) is 0 Å². The van der Waals surface area contributed by atoms with Crippen molar-refractivity contribution in [2.24, 2.45) is 5.92 Å². The van der Waals surface area contributed by atoms with E-state index in [0.717, 1.165) is 23.4 Å². The molecule has 1 fully saturated rings. The van der Waals surface area contributed by atoms with Gasteiger partial charge in [0, 0.05) is 12.1 Å². The summed E-state index contributed by atoms with van der Waals surface area (Å²) in [6.45, 7) is 0.766. The van der Waals surface area contributed by atoms with E-state index in [1.165, 1.54) is 12.3 Å². The lowest BCUT2D eigenvalue weighted by Gasteiger charge is -2.14. The van der Waals surface area contributed by atoms with Crippen molar-refractivity contribution in [2.45, 2.75) is 38.1 Å². The van der Waals surface area contributed by atoms with Crippen LogP contribution in [0.5, 0.6) is 11.5 Å². The lowest BCUT2D eigenvalue weighted by molar-refractivity contribution is -0.153. The number of hydrogen-bond acceptors (Lipinski definition) is 5. The molecule has 178 valence electrons. The number of carbonyl (C=O) groups is 1. The van der Waals surface area contributed by atoms with Crippen molar-refractivity contribution in [1.82, 2.24) is 15.3 Å². The number of ether oxygens (including phenoxy) is 2. The van der Waals surface area contributed by atoms with Crippen LogP contribution in [-0.2, 0) is 11.4 Å². The fourth-order valence-electron chi connectivity index (χ4n) is 3.62. The van der Waals surface area contributed by atoms with Crippen LogP contribution in [0, 0.1) is 5.92 Å². The molecule has 4 rings (SSSR count). The maximum atomic E-state index is 12.7. The molecule has 3 aromatic rings. The van der Waals surface area contributed by atoms with Crippen LogP contribution in [-0.4, -0.2) is 28.7 Å². The first-order valence-corrected chi connectivity index (χ1v) is 10.9. The zero-order chi connectivity index (χ0) is 24.1. The second-order valence-corrected chi connectivity index (χ2v) is 8.18. The highest BCUT2D eigenvalue weighted by molar-refractivity contribution is 5.83. The van der Waals surface area contributed by atoms with E-state index in [1.54, 1.807) is 19.2 Å². The molecule has 1 N–H and O–H groups in total. The molecule has 9 heteroatoms. The maximum Gasteiger partial charge on any atom is 0.422 e. The summed E-state index contributed by atoms with van der Waals surface area (Å²) in [4.78, 5) is 21.1. The molecule has 0 spiro atoms. The molecular weight excluding hydrogens is 447 g/mol. The highest BCUT2D eigenvalue weighted by Gasteiger charge is 2.44. The predicted octanol–water partition coefficient (Wildman–Crippen LogP) is 4.98. The van der Waals surface area contributed by atoms with Gasteiger partial charge in [0.15, 0.2) is 6.61 Å². The SMILES string of the molecule is C[C@@H](NC(=O)C1CC1c1cccc(OCc2ccccn2)c1)c1ccc(OCC(F)(F)F)cn1. The summed E-state index contributed by atoms with van der Waals surface area (Å²) in [7, 11) is 0. The molecule has 0 radical (unpaired) electrons. The maximum absolute atomic E-state index is 12.7. The van der Waals surface area contributed by atoms with Crippen molar-refractivity contribution in [1.29, 1.82) is 0 Å². The average Bonchev–Trinajstić information content (AvgIpc) is 3.63. The molecule has 6 nitrogen and oxygen atoms in total. The first-order chi connectivity index (χ1) is 16.3. The van der Waals surface area contributed by atoms with Crippen molar-refractivity contribution in [3.63, 3.8) is 0 Å². The van der Waals surface area contributed by atoms with E-state index < -0.39 is 18.8 Å². The minimum absolute atomic E-state index is 0.0204. The summed E-state index contributed by atoms with van der Waals surface area (Å²) in [6.07, 6.45) is -0.735. The molecule has 1 saturated carbocycles. The molecular formula is C25H24F3N3O3. The summed E-state index contributed by atoms with van der Waals surface area (Å²) in [5.74, 6) is 0.614. The van der Waals surface area contributed by atoms with E-state index in [-0.39, 0.29) is 23.5 Å². The number of pyridine rings is 2. The summed E-state index contributed by atoms with van der Waals surface area (Å²) >= 11 is 0. The van der Waals surface area contributed by atoms with Gasteiger partial charge in [-0.3, -0.25) is 14.8 Å². The molecule has 2 heterocycles. The fraction of sp³-hybridized carbons (Fsp3) is 0.320. The third-order valence-corrected chi connectivity index (χ3v) is 5.49. The molecule has 1 amide bonds. The van der Waals surface area contributed by atoms with Crippen LogP contribution < -0.4 is 14.8 Å². The first kappa shape index (κ1) is 23.5. The Kier molecular flexibility index (Phi) is 7.00. The lowest BCUT2D eigenvalue weighted by Crippen LogP contribution is -2.29. The number of halogens is 3. The molecule has 1 aromatic carbocycles.